The van der Waals surface area contributed by atoms with Crippen LogP contribution in [0.4, 0.5) is 5.82 Å². The second kappa shape index (κ2) is 7.12. The van der Waals surface area contributed by atoms with Crippen LogP contribution in [-0.4, -0.2) is 45.5 Å². The van der Waals surface area contributed by atoms with Gasteiger partial charge in [0, 0.05) is 18.2 Å². The van der Waals surface area contributed by atoms with Crippen LogP contribution in [-0.2, 0) is 4.79 Å². The number of hydrogen-bond acceptors (Lipinski definition) is 4. The van der Waals surface area contributed by atoms with Crippen molar-refractivity contribution in [2.75, 3.05) is 25.5 Å². The van der Waals surface area contributed by atoms with Gasteiger partial charge in [0.25, 0.3) is 0 Å². The molecule has 0 saturated carbocycles. The van der Waals surface area contributed by atoms with E-state index in [9.17, 15) is 4.79 Å². The normalized spacial score (nSPS) is 18.0. The van der Waals surface area contributed by atoms with Crippen molar-refractivity contribution >= 4 is 17.4 Å². The van der Waals surface area contributed by atoms with Crippen molar-refractivity contribution in [3.63, 3.8) is 0 Å². The second-order valence-electron chi connectivity index (χ2n) is 7.43. The zero-order valence-corrected chi connectivity index (χ0v) is 16.1. The molecule has 0 aliphatic carbocycles. The highest BCUT2D eigenvalue weighted by Crippen LogP contribution is 2.32. The minimum Gasteiger partial charge on any atom is -0.310 e. The highest BCUT2D eigenvalue weighted by atomic mass is 16.2. The number of amides is 1. The average Bonchev–Trinajstić information content (AvgIpc) is 3.02. The summed E-state index contributed by atoms with van der Waals surface area (Å²) in [5, 5.41) is 7.77. The summed E-state index contributed by atoms with van der Waals surface area (Å²) in [5.41, 5.74) is 4.45. The van der Waals surface area contributed by atoms with Crippen LogP contribution in [0.5, 0.6) is 0 Å². The first kappa shape index (κ1) is 17.7. The maximum atomic E-state index is 13.1. The fraction of sp³-hybridized carbons (Fsp3) is 0.381. The number of piperidine rings is 1. The number of anilines is 1. The Hall–Kier alpha value is -2.73. The van der Waals surface area contributed by atoms with Gasteiger partial charge in [-0.05, 0) is 45.8 Å². The molecule has 1 saturated heterocycles. The molecule has 6 nitrogen and oxygen atoms in total. The minimum atomic E-state index is -0.00689. The fourth-order valence-electron chi connectivity index (χ4n) is 3.90. The Morgan fingerprint density at radius 3 is 2.74 bits per heavy atom. The fourth-order valence-corrected chi connectivity index (χ4v) is 3.90. The maximum Gasteiger partial charge on any atom is 0.229 e. The molecule has 1 atom stereocenters. The summed E-state index contributed by atoms with van der Waals surface area (Å²) in [6.07, 6.45) is 1.97. The molecule has 3 heterocycles. The average molecular weight is 363 g/mol. The Morgan fingerprint density at radius 2 is 2.00 bits per heavy atom. The molecule has 6 heteroatoms. The van der Waals surface area contributed by atoms with Gasteiger partial charge in [0.1, 0.15) is 5.82 Å². The highest BCUT2D eigenvalue weighted by Gasteiger charge is 2.26. The zero-order valence-electron chi connectivity index (χ0n) is 16.1. The predicted octanol–water partition coefficient (Wildman–Crippen LogP) is 3.29. The quantitative estimate of drug-likeness (QED) is 0.776. The van der Waals surface area contributed by atoms with Crippen molar-refractivity contribution in [2.24, 2.45) is 5.92 Å². The molecule has 1 aliphatic rings. The summed E-state index contributed by atoms with van der Waals surface area (Å²) in [6, 6.07) is 12.0. The van der Waals surface area contributed by atoms with Crippen molar-refractivity contribution in [2.45, 2.75) is 26.7 Å². The summed E-state index contributed by atoms with van der Waals surface area (Å²) in [5.74, 6) is 0.751. The highest BCUT2D eigenvalue weighted by molar-refractivity contribution is 5.96. The van der Waals surface area contributed by atoms with Crippen LogP contribution >= 0.6 is 0 Å². The predicted molar refractivity (Wildman–Crippen MR) is 107 cm³/mol. The number of carbonyl (C=O) groups is 1. The summed E-state index contributed by atoms with van der Waals surface area (Å²) < 4.78 is 1.76. The topological polar surface area (TPSA) is 62.5 Å². The van der Waals surface area contributed by atoms with Crippen molar-refractivity contribution in [3.8, 4) is 11.1 Å². The van der Waals surface area contributed by atoms with Crippen LogP contribution in [0.25, 0.3) is 16.8 Å². The van der Waals surface area contributed by atoms with E-state index in [2.05, 4.69) is 22.4 Å². The van der Waals surface area contributed by atoms with Gasteiger partial charge >= 0.3 is 0 Å². The molecule has 1 aliphatic heterocycles. The maximum absolute atomic E-state index is 13.1. The summed E-state index contributed by atoms with van der Waals surface area (Å²) in [4.78, 5) is 20.0. The van der Waals surface area contributed by atoms with Gasteiger partial charge in [-0.15, -0.1) is 0 Å². The first-order chi connectivity index (χ1) is 13.0. The van der Waals surface area contributed by atoms with Gasteiger partial charge in [-0.1, -0.05) is 30.3 Å². The third-order valence-corrected chi connectivity index (χ3v) is 5.20. The molecule has 0 spiro atoms. The number of carbonyl (C=O) groups excluding carboxylic acids is 1. The van der Waals surface area contributed by atoms with Crippen molar-refractivity contribution in [3.05, 3.63) is 47.8 Å². The standard InChI is InChI=1S/C21H25N5O/c1-14-12-18-22-15(2)19(16-8-5-4-6-9-16)20(26(18)24-14)23-21(27)17-10-7-11-25(3)13-17/h4-6,8-9,12,17H,7,10-11,13H2,1-3H3,(H,23,27). The Labute approximate surface area is 159 Å². The van der Waals surface area contributed by atoms with E-state index < -0.39 is 0 Å². The van der Waals surface area contributed by atoms with Crippen LogP contribution in [0.15, 0.2) is 36.4 Å². The molecule has 1 N–H and O–H groups in total. The third kappa shape index (κ3) is 3.45. The van der Waals surface area contributed by atoms with Gasteiger partial charge < -0.3 is 10.2 Å². The van der Waals surface area contributed by atoms with Crippen LogP contribution in [0.1, 0.15) is 24.2 Å². The monoisotopic (exact) mass is 363 g/mol. The second-order valence-corrected chi connectivity index (χ2v) is 7.43. The SMILES string of the molecule is Cc1cc2nc(C)c(-c3ccccc3)c(NC(=O)C3CCCN(C)C3)n2n1. The third-order valence-electron chi connectivity index (χ3n) is 5.20. The van der Waals surface area contributed by atoms with E-state index in [1.165, 1.54) is 0 Å². The molecule has 1 unspecified atom stereocenters. The van der Waals surface area contributed by atoms with Crippen LogP contribution in [0.3, 0.4) is 0 Å². The molecule has 1 amide bonds. The first-order valence-electron chi connectivity index (χ1n) is 9.45. The zero-order chi connectivity index (χ0) is 19.0. The van der Waals surface area contributed by atoms with Gasteiger partial charge in [-0.25, -0.2) is 4.98 Å². The molecule has 1 fully saturated rings. The number of benzene rings is 1. The largest absolute Gasteiger partial charge is 0.310 e. The summed E-state index contributed by atoms with van der Waals surface area (Å²) in [6.45, 7) is 5.76. The number of aryl methyl sites for hydroxylation is 2. The van der Waals surface area contributed by atoms with Gasteiger partial charge in [0.2, 0.25) is 5.91 Å². The van der Waals surface area contributed by atoms with Crippen LogP contribution in [0, 0.1) is 19.8 Å². The molecule has 2 aromatic heterocycles. The summed E-state index contributed by atoms with van der Waals surface area (Å²) >= 11 is 0. The lowest BCUT2D eigenvalue weighted by atomic mass is 9.97. The van der Waals surface area contributed by atoms with E-state index in [0.717, 1.165) is 54.1 Å². The van der Waals surface area contributed by atoms with Crippen molar-refractivity contribution in [1.29, 1.82) is 0 Å². The molecule has 27 heavy (non-hydrogen) atoms. The van der Waals surface area contributed by atoms with E-state index in [0.29, 0.717) is 5.82 Å². The number of nitrogens with zero attached hydrogens (tertiary/aromatic N) is 4. The summed E-state index contributed by atoms with van der Waals surface area (Å²) in [7, 11) is 2.07. The smallest absolute Gasteiger partial charge is 0.229 e. The molecular weight excluding hydrogens is 338 g/mol. The lowest BCUT2D eigenvalue weighted by molar-refractivity contribution is -0.121. The van der Waals surface area contributed by atoms with E-state index in [1.807, 2.05) is 50.2 Å². The molecule has 4 rings (SSSR count). The van der Waals surface area contributed by atoms with Gasteiger partial charge in [-0.3, -0.25) is 4.79 Å². The van der Waals surface area contributed by atoms with E-state index in [-0.39, 0.29) is 11.8 Å². The number of hydrogen-bond donors (Lipinski definition) is 1. The molecule has 3 aromatic rings. The number of rotatable bonds is 3. The van der Waals surface area contributed by atoms with E-state index >= 15 is 0 Å². The van der Waals surface area contributed by atoms with E-state index in [4.69, 9.17) is 4.98 Å². The minimum absolute atomic E-state index is 0.00689. The van der Waals surface area contributed by atoms with E-state index in [1.54, 1.807) is 4.52 Å². The number of fused-ring (bicyclic) bond motifs is 1. The van der Waals surface area contributed by atoms with Gasteiger partial charge in [-0.2, -0.15) is 9.61 Å². The first-order valence-corrected chi connectivity index (χ1v) is 9.45. The molecular formula is C21H25N5O. The molecule has 1 aromatic carbocycles. The Morgan fingerprint density at radius 1 is 1.22 bits per heavy atom. The van der Waals surface area contributed by atoms with Gasteiger partial charge in [0.05, 0.1) is 17.3 Å². The molecule has 0 radical (unpaired) electrons. The van der Waals surface area contributed by atoms with Gasteiger partial charge in [0.15, 0.2) is 5.65 Å². The molecule has 140 valence electrons. The van der Waals surface area contributed by atoms with Crippen molar-refractivity contribution in [1.82, 2.24) is 19.5 Å². The van der Waals surface area contributed by atoms with Crippen LogP contribution in [0.2, 0.25) is 0 Å². The van der Waals surface area contributed by atoms with Crippen molar-refractivity contribution < 1.29 is 4.79 Å². The van der Waals surface area contributed by atoms with Crippen LogP contribution < -0.4 is 5.32 Å². The lowest BCUT2D eigenvalue weighted by Gasteiger charge is -2.29. The Bertz CT molecular complexity index is 979. The lowest BCUT2D eigenvalue weighted by Crippen LogP contribution is -2.38. The number of aromatic nitrogens is 3. The molecule has 0 bridgehead atoms. The number of likely N-dealkylation sites (tertiary alicyclic amines) is 1. The Kier molecular flexibility index (Phi) is 4.66. The Balaban J connectivity index is 1.80. The number of nitrogens with one attached hydrogen (secondary N) is 1.